The van der Waals surface area contributed by atoms with Gasteiger partial charge in [-0.1, -0.05) is 30.4 Å². The third-order valence-corrected chi connectivity index (χ3v) is 5.01. The molecule has 1 saturated heterocycles. The summed E-state index contributed by atoms with van der Waals surface area (Å²) < 4.78 is 6.05. The second-order valence-corrected chi connectivity index (χ2v) is 6.94. The molecule has 2 unspecified atom stereocenters. The molecule has 2 atom stereocenters. The highest BCUT2D eigenvalue weighted by Gasteiger charge is 2.29. The predicted molar refractivity (Wildman–Crippen MR) is 103 cm³/mol. The van der Waals surface area contributed by atoms with Crippen LogP contribution in [0.15, 0.2) is 41.4 Å². The molecule has 25 heavy (non-hydrogen) atoms. The minimum atomic E-state index is 0.0824. The van der Waals surface area contributed by atoms with E-state index in [2.05, 4.69) is 52.2 Å². The summed E-state index contributed by atoms with van der Waals surface area (Å²) in [5.74, 6) is 1.93. The number of likely N-dealkylation sites (tertiary alicyclic amines) is 1. The van der Waals surface area contributed by atoms with Crippen LogP contribution in [0.4, 0.5) is 0 Å². The Balaban J connectivity index is 1.47. The van der Waals surface area contributed by atoms with Crippen molar-refractivity contribution in [3.63, 3.8) is 0 Å². The van der Waals surface area contributed by atoms with Crippen LogP contribution >= 0.6 is 0 Å². The lowest BCUT2D eigenvalue weighted by molar-refractivity contribution is 0.220. The van der Waals surface area contributed by atoms with Gasteiger partial charge in [-0.25, -0.2) is 0 Å². The molecular formula is C20H30N4O. The van der Waals surface area contributed by atoms with Gasteiger partial charge in [0.15, 0.2) is 5.96 Å². The van der Waals surface area contributed by atoms with Crippen LogP contribution in [0, 0.1) is 6.92 Å². The number of nitrogens with one attached hydrogen (secondary N) is 1. The Kier molecular flexibility index (Phi) is 5.97. The average Bonchev–Trinajstić information content (AvgIpc) is 3.29. The first-order valence-corrected chi connectivity index (χ1v) is 9.24. The molecule has 1 aromatic carbocycles. The van der Waals surface area contributed by atoms with Gasteiger partial charge in [-0.3, -0.25) is 9.89 Å². The zero-order valence-electron chi connectivity index (χ0n) is 15.6. The lowest BCUT2D eigenvalue weighted by Crippen LogP contribution is -2.45. The van der Waals surface area contributed by atoms with Gasteiger partial charge in [0, 0.05) is 39.3 Å². The van der Waals surface area contributed by atoms with Crippen molar-refractivity contribution < 1.29 is 4.74 Å². The number of aliphatic imine (C=N–C) groups is 1. The molecule has 0 amide bonds. The lowest BCUT2D eigenvalue weighted by Gasteiger charge is -2.26. The predicted octanol–water partition coefficient (Wildman–Crippen LogP) is 2.28. The van der Waals surface area contributed by atoms with Gasteiger partial charge < -0.3 is 15.0 Å². The molecule has 0 bridgehead atoms. The van der Waals surface area contributed by atoms with Gasteiger partial charge in [0.1, 0.15) is 11.9 Å². The summed E-state index contributed by atoms with van der Waals surface area (Å²) in [7, 11) is 1.86. The number of para-hydroxylation sites is 1. The largest absolute Gasteiger partial charge is 0.489 e. The normalized spacial score (nSPS) is 22.4. The molecule has 0 aliphatic carbocycles. The van der Waals surface area contributed by atoms with Crippen molar-refractivity contribution in [2.45, 2.75) is 32.4 Å². The zero-order valence-corrected chi connectivity index (χ0v) is 15.6. The molecule has 0 spiro atoms. The molecule has 1 aromatic rings. The number of ether oxygens (including phenoxy) is 1. The van der Waals surface area contributed by atoms with E-state index in [1.54, 1.807) is 0 Å². The summed E-state index contributed by atoms with van der Waals surface area (Å²) in [6.45, 7) is 9.20. The highest BCUT2D eigenvalue weighted by Crippen LogP contribution is 2.19. The second-order valence-electron chi connectivity index (χ2n) is 6.94. The third kappa shape index (κ3) is 4.54. The van der Waals surface area contributed by atoms with Crippen LogP contribution in [-0.2, 0) is 0 Å². The Morgan fingerprint density at radius 1 is 1.32 bits per heavy atom. The summed E-state index contributed by atoms with van der Waals surface area (Å²) in [6, 6.07) is 8.78. The highest BCUT2D eigenvalue weighted by molar-refractivity contribution is 5.80. The molecule has 2 heterocycles. The van der Waals surface area contributed by atoms with Crippen LogP contribution in [-0.4, -0.2) is 67.7 Å². The molecule has 0 radical (unpaired) electrons. The Hall–Kier alpha value is -2.01. The maximum atomic E-state index is 6.05. The topological polar surface area (TPSA) is 40.1 Å². The number of hydrogen-bond donors (Lipinski definition) is 1. The Morgan fingerprint density at radius 3 is 2.80 bits per heavy atom. The summed E-state index contributed by atoms with van der Waals surface area (Å²) in [6.07, 6.45) is 5.82. The molecule has 3 rings (SSSR count). The first kappa shape index (κ1) is 17.8. The fourth-order valence-electron chi connectivity index (χ4n) is 3.54. The van der Waals surface area contributed by atoms with Crippen LogP contribution < -0.4 is 10.1 Å². The Morgan fingerprint density at radius 2 is 2.08 bits per heavy atom. The van der Waals surface area contributed by atoms with E-state index in [1.807, 2.05) is 25.2 Å². The molecule has 5 heteroatoms. The Labute approximate surface area is 151 Å². The van der Waals surface area contributed by atoms with Crippen molar-refractivity contribution in [3.8, 4) is 5.75 Å². The van der Waals surface area contributed by atoms with E-state index in [9.17, 15) is 0 Å². The first-order valence-electron chi connectivity index (χ1n) is 9.24. The minimum Gasteiger partial charge on any atom is -0.489 e. The molecule has 5 nitrogen and oxygen atoms in total. The van der Waals surface area contributed by atoms with Crippen LogP contribution in [0.3, 0.4) is 0 Å². The van der Waals surface area contributed by atoms with Crippen LogP contribution in [0.1, 0.15) is 18.9 Å². The van der Waals surface area contributed by atoms with Crippen molar-refractivity contribution in [1.29, 1.82) is 0 Å². The van der Waals surface area contributed by atoms with E-state index in [1.165, 1.54) is 12.0 Å². The fraction of sp³-hybridized carbons (Fsp3) is 0.550. The molecule has 1 fully saturated rings. The molecule has 136 valence electrons. The molecule has 0 aromatic heterocycles. The highest BCUT2D eigenvalue weighted by atomic mass is 16.5. The van der Waals surface area contributed by atoms with E-state index in [-0.39, 0.29) is 6.10 Å². The maximum Gasteiger partial charge on any atom is 0.193 e. The second kappa shape index (κ2) is 8.39. The van der Waals surface area contributed by atoms with Crippen LogP contribution in [0.5, 0.6) is 5.75 Å². The van der Waals surface area contributed by atoms with Crippen molar-refractivity contribution in [2.24, 2.45) is 4.99 Å². The number of nitrogens with zero attached hydrogens (tertiary/aromatic N) is 3. The molecule has 2 aliphatic heterocycles. The zero-order chi connectivity index (χ0) is 17.6. The first-order chi connectivity index (χ1) is 12.2. The van der Waals surface area contributed by atoms with Crippen molar-refractivity contribution in [2.75, 3.05) is 39.8 Å². The summed E-state index contributed by atoms with van der Waals surface area (Å²) in [5.41, 5.74) is 1.17. The van der Waals surface area contributed by atoms with E-state index in [0.29, 0.717) is 6.04 Å². The van der Waals surface area contributed by atoms with Crippen molar-refractivity contribution in [3.05, 3.63) is 42.0 Å². The number of rotatable bonds is 5. The Bertz CT molecular complexity index is 620. The molecule has 2 aliphatic rings. The summed E-state index contributed by atoms with van der Waals surface area (Å²) >= 11 is 0. The van der Waals surface area contributed by atoms with Gasteiger partial charge in [-0.2, -0.15) is 0 Å². The number of aryl methyl sites for hydroxylation is 1. The van der Waals surface area contributed by atoms with Gasteiger partial charge in [0.2, 0.25) is 0 Å². The number of guanidine groups is 1. The molecular weight excluding hydrogens is 312 g/mol. The molecule has 1 N–H and O–H groups in total. The molecule has 0 saturated carbocycles. The number of benzene rings is 1. The SMILES string of the molecule is CN=C(NCC(C)Oc1ccccc1C)N1CCC(N2CC=CC2)C1. The maximum absolute atomic E-state index is 6.05. The lowest BCUT2D eigenvalue weighted by atomic mass is 10.2. The van der Waals surface area contributed by atoms with Gasteiger partial charge in [0.05, 0.1) is 6.54 Å². The van der Waals surface area contributed by atoms with E-state index < -0.39 is 0 Å². The summed E-state index contributed by atoms with van der Waals surface area (Å²) in [4.78, 5) is 9.37. The quantitative estimate of drug-likeness (QED) is 0.506. The van der Waals surface area contributed by atoms with Gasteiger partial charge in [-0.15, -0.1) is 0 Å². The van der Waals surface area contributed by atoms with Crippen molar-refractivity contribution in [1.82, 2.24) is 15.1 Å². The van der Waals surface area contributed by atoms with Gasteiger partial charge in [0.25, 0.3) is 0 Å². The monoisotopic (exact) mass is 342 g/mol. The van der Waals surface area contributed by atoms with E-state index in [4.69, 9.17) is 4.74 Å². The summed E-state index contributed by atoms with van der Waals surface area (Å²) in [5, 5.41) is 3.48. The smallest absolute Gasteiger partial charge is 0.193 e. The third-order valence-electron chi connectivity index (χ3n) is 5.01. The van der Waals surface area contributed by atoms with Crippen LogP contribution in [0.2, 0.25) is 0 Å². The van der Waals surface area contributed by atoms with Gasteiger partial charge >= 0.3 is 0 Å². The fourth-order valence-corrected chi connectivity index (χ4v) is 3.54. The van der Waals surface area contributed by atoms with E-state index >= 15 is 0 Å². The average molecular weight is 342 g/mol. The van der Waals surface area contributed by atoms with Crippen LogP contribution in [0.25, 0.3) is 0 Å². The minimum absolute atomic E-state index is 0.0824. The van der Waals surface area contributed by atoms with Crippen molar-refractivity contribution >= 4 is 5.96 Å². The number of hydrogen-bond acceptors (Lipinski definition) is 3. The van der Waals surface area contributed by atoms with Gasteiger partial charge in [-0.05, 0) is 31.9 Å². The van der Waals surface area contributed by atoms with E-state index in [0.717, 1.165) is 44.4 Å². The standard InChI is InChI=1S/C20H30N4O/c1-16-8-4-5-9-19(16)25-17(2)14-22-20(21-3)24-13-10-18(15-24)23-11-6-7-12-23/h4-9,17-18H,10-15H2,1-3H3,(H,21,22).